The second-order valence-corrected chi connectivity index (χ2v) is 4.17. The number of benzene rings is 1. The van der Waals surface area contributed by atoms with Crippen LogP contribution < -0.4 is 5.84 Å². The molecular weight excluding hydrogens is 281 g/mol. The van der Waals surface area contributed by atoms with E-state index in [1.165, 1.54) is 19.1 Å². The number of carbonyl (C=O) groups excluding carboxylic acids is 1. The van der Waals surface area contributed by atoms with E-state index < -0.39 is 23.2 Å². The van der Waals surface area contributed by atoms with E-state index in [1.807, 2.05) is 0 Å². The van der Waals surface area contributed by atoms with Crippen LogP contribution in [0.2, 0.25) is 5.02 Å². The Balaban J connectivity index is 3.38. The van der Waals surface area contributed by atoms with E-state index in [1.54, 1.807) is 6.92 Å². The van der Waals surface area contributed by atoms with Crippen molar-refractivity contribution in [3.63, 3.8) is 0 Å². The normalized spacial score (nSPS) is 12.5. The number of carbonyl (C=O) groups is 1. The van der Waals surface area contributed by atoms with Crippen LogP contribution in [0.3, 0.4) is 0 Å². The van der Waals surface area contributed by atoms with Crippen molar-refractivity contribution < 1.29 is 18.0 Å². The Bertz CT molecular complexity index is 526. The molecular formula is C12H12ClF3N2O. The molecule has 0 spiro atoms. The standard InChI is InChI=1S/C12H12ClF3N2O/c1-3-7(2)18(17)11(19)10-8(12(14,15)16)5-4-6-9(10)13/h3-6H,17H2,1-2H3/b7-3+. The second kappa shape index (κ2) is 5.63. The van der Waals surface area contributed by atoms with Crippen LogP contribution in [0.25, 0.3) is 0 Å². The van der Waals surface area contributed by atoms with Gasteiger partial charge in [-0.05, 0) is 26.0 Å². The summed E-state index contributed by atoms with van der Waals surface area (Å²) in [6, 6.07) is 3.13. The summed E-state index contributed by atoms with van der Waals surface area (Å²) in [5.41, 5.74) is -1.44. The lowest BCUT2D eigenvalue weighted by Gasteiger charge is -2.20. The van der Waals surface area contributed by atoms with E-state index in [-0.39, 0.29) is 5.02 Å². The molecule has 0 saturated heterocycles. The van der Waals surface area contributed by atoms with Gasteiger partial charge in [-0.2, -0.15) is 13.2 Å². The van der Waals surface area contributed by atoms with Crippen molar-refractivity contribution in [1.82, 2.24) is 5.01 Å². The van der Waals surface area contributed by atoms with Crippen molar-refractivity contribution in [2.75, 3.05) is 0 Å². The quantitative estimate of drug-likeness (QED) is 0.514. The van der Waals surface area contributed by atoms with Gasteiger partial charge >= 0.3 is 6.18 Å². The molecule has 104 valence electrons. The zero-order chi connectivity index (χ0) is 14.8. The van der Waals surface area contributed by atoms with E-state index in [4.69, 9.17) is 17.4 Å². The number of hydrazine groups is 1. The molecule has 1 aromatic rings. The Morgan fingerprint density at radius 1 is 1.42 bits per heavy atom. The summed E-state index contributed by atoms with van der Waals surface area (Å²) in [4.78, 5) is 12.0. The maximum Gasteiger partial charge on any atom is 0.417 e. The summed E-state index contributed by atoms with van der Waals surface area (Å²) in [6.07, 6.45) is -3.18. The van der Waals surface area contributed by atoms with Gasteiger partial charge in [-0.3, -0.25) is 4.79 Å². The largest absolute Gasteiger partial charge is 0.417 e. The number of nitrogens with zero attached hydrogens (tertiary/aromatic N) is 1. The highest BCUT2D eigenvalue weighted by molar-refractivity contribution is 6.34. The molecule has 2 N–H and O–H groups in total. The molecule has 0 aliphatic heterocycles. The number of amides is 1. The molecule has 1 aromatic carbocycles. The Morgan fingerprint density at radius 3 is 2.47 bits per heavy atom. The van der Waals surface area contributed by atoms with Gasteiger partial charge in [0.25, 0.3) is 5.91 Å². The average molecular weight is 293 g/mol. The van der Waals surface area contributed by atoms with Gasteiger partial charge in [0.2, 0.25) is 0 Å². The lowest BCUT2D eigenvalue weighted by atomic mass is 10.1. The van der Waals surface area contributed by atoms with Crippen molar-refractivity contribution >= 4 is 17.5 Å². The molecule has 0 saturated carbocycles. The predicted octanol–water partition coefficient (Wildman–Crippen LogP) is 3.60. The van der Waals surface area contributed by atoms with Crippen molar-refractivity contribution in [3.05, 3.63) is 46.1 Å². The number of hydrogen-bond acceptors (Lipinski definition) is 2. The third-order valence-electron chi connectivity index (χ3n) is 2.55. The third-order valence-corrected chi connectivity index (χ3v) is 2.86. The SMILES string of the molecule is C/C=C(\C)N(N)C(=O)c1c(Cl)cccc1C(F)(F)F. The third kappa shape index (κ3) is 3.27. The van der Waals surface area contributed by atoms with Gasteiger partial charge in [0, 0.05) is 5.70 Å². The predicted molar refractivity (Wildman–Crippen MR) is 66.2 cm³/mol. The smallest absolute Gasteiger partial charge is 0.267 e. The first-order chi connectivity index (χ1) is 8.70. The monoisotopic (exact) mass is 292 g/mol. The first-order valence-electron chi connectivity index (χ1n) is 5.28. The lowest BCUT2D eigenvalue weighted by molar-refractivity contribution is -0.138. The summed E-state index contributed by atoms with van der Waals surface area (Å²) in [5.74, 6) is 4.47. The minimum Gasteiger partial charge on any atom is -0.267 e. The Labute approximate surface area is 113 Å². The van der Waals surface area contributed by atoms with Crippen molar-refractivity contribution in [1.29, 1.82) is 0 Å². The Morgan fingerprint density at radius 2 is 2.00 bits per heavy atom. The zero-order valence-corrected chi connectivity index (χ0v) is 11.0. The number of alkyl halides is 3. The van der Waals surface area contributed by atoms with Crippen LogP contribution in [-0.2, 0) is 6.18 Å². The Kier molecular flexibility index (Phi) is 4.60. The second-order valence-electron chi connectivity index (χ2n) is 3.77. The minimum absolute atomic E-state index is 0.292. The van der Waals surface area contributed by atoms with Gasteiger partial charge in [0.05, 0.1) is 16.1 Å². The number of rotatable bonds is 2. The van der Waals surface area contributed by atoms with Crippen LogP contribution in [0.5, 0.6) is 0 Å². The molecule has 0 bridgehead atoms. The number of allylic oxidation sites excluding steroid dienone is 2. The van der Waals surface area contributed by atoms with Crippen LogP contribution in [0.4, 0.5) is 13.2 Å². The molecule has 1 amide bonds. The van der Waals surface area contributed by atoms with E-state index >= 15 is 0 Å². The summed E-state index contributed by atoms with van der Waals surface area (Å²) >= 11 is 5.70. The van der Waals surface area contributed by atoms with Crippen molar-refractivity contribution in [3.8, 4) is 0 Å². The van der Waals surface area contributed by atoms with E-state index in [0.717, 1.165) is 12.1 Å². The molecule has 0 unspecified atom stereocenters. The Hall–Kier alpha value is -1.53. The van der Waals surface area contributed by atoms with Crippen LogP contribution in [0.1, 0.15) is 29.8 Å². The fourth-order valence-electron chi connectivity index (χ4n) is 1.40. The number of nitrogens with two attached hydrogens (primary N) is 1. The summed E-state index contributed by atoms with van der Waals surface area (Å²) < 4.78 is 38.6. The summed E-state index contributed by atoms with van der Waals surface area (Å²) in [7, 11) is 0. The molecule has 7 heteroatoms. The maximum absolute atomic E-state index is 12.9. The fourth-order valence-corrected chi connectivity index (χ4v) is 1.65. The van der Waals surface area contributed by atoms with Gasteiger partial charge in [0.15, 0.2) is 0 Å². The van der Waals surface area contributed by atoms with Gasteiger partial charge in [-0.15, -0.1) is 0 Å². The average Bonchev–Trinajstić information content (AvgIpc) is 2.34. The van der Waals surface area contributed by atoms with Gasteiger partial charge in [-0.25, -0.2) is 10.9 Å². The van der Waals surface area contributed by atoms with E-state index in [2.05, 4.69) is 0 Å². The first kappa shape index (κ1) is 15.5. The minimum atomic E-state index is -4.68. The fraction of sp³-hybridized carbons (Fsp3) is 0.250. The molecule has 0 heterocycles. The summed E-state index contributed by atoms with van der Waals surface area (Å²) in [5, 5.41) is 0.343. The van der Waals surface area contributed by atoms with Gasteiger partial charge < -0.3 is 0 Å². The summed E-state index contributed by atoms with van der Waals surface area (Å²) in [6.45, 7) is 3.11. The van der Waals surface area contributed by atoms with Crippen LogP contribution >= 0.6 is 11.6 Å². The molecule has 0 atom stereocenters. The molecule has 0 aliphatic rings. The van der Waals surface area contributed by atoms with E-state index in [0.29, 0.717) is 10.7 Å². The van der Waals surface area contributed by atoms with Crippen molar-refractivity contribution in [2.24, 2.45) is 5.84 Å². The van der Waals surface area contributed by atoms with Crippen LogP contribution in [0.15, 0.2) is 30.0 Å². The molecule has 0 radical (unpaired) electrons. The molecule has 0 fully saturated rings. The number of halogens is 4. The van der Waals surface area contributed by atoms with Gasteiger partial charge in [0.1, 0.15) is 0 Å². The first-order valence-corrected chi connectivity index (χ1v) is 5.65. The molecule has 3 nitrogen and oxygen atoms in total. The van der Waals surface area contributed by atoms with Crippen LogP contribution in [0, 0.1) is 0 Å². The highest BCUT2D eigenvalue weighted by Gasteiger charge is 2.37. The highest BCUT2D eigenvalue weighted by Crippen LogP contribution is 2.35. The van der Waals surface area contributed by atoms with E-state index in [9.17, 15) is 18.0 Å². The lowest BCUT2D eigenvalue weighted by Crippen LogP contribution is -2.37. The van der Waals surface area contributed by atoms with Crippen molar-refractivity contribution in [2.45, 2.75) is 20.0 Å². The topological polar surface area (TPSA) is 46.3 Å². The maximum atomic E-state index is 12.9. The van der Waals surface area contributed by atoms with Crippen LogP contribution in [-0.4, -0.2) is 10.9 Å². The molecule has 0 aliphatic carbocycles. The molecule has 19 heavy (non-hydrogen) atoms. The molecule has 0 aromatic heterocycles. The highest BCUT2D eigenvalue weighted by atomic mass is 35.5. The number of hydrogen-bond donors (Lipinski definition) is 1. The van der Waals surface area contributed by atoms with Gasteiger partial charge in [-0.1, -0.05) is 23.7 Å². The zero-order valence-electron chi connectivity index (χ0n) is 10.3. The molecule has 1 rings (SSSR count).